The van der Waals surface area contributed by atoms with E-state index in [0.717, 1.165) is 22.6 Å². The van der Waals surface area contributed by atoms with Gasteiger partial charge in [-0.1, -0.05) is 22.6 Å². The SMILES string of the molecule is FC(F)(F)C(F)(/C=C\I)C(F)(F)F. The van der Waals surface area contributed by atoms with Gasteiger partial charge in [-0.2, -0.15) is 26.3 Å². The minimum Gasteiger partial charge on any atom is -0.219 e. The van der Waals surface area contributed by atoms with E-state index in [1.54, 1.807) is 0 Å². The Morgan fingerprint density at radius 3 is 1.15 bits per heavy atom. The average Bonchev–Trinajstić information content (AvgIpc) is 1.82. The first kappa shape index (κ1) is 13.0. The van der Waals surface area contributed by atoms with Crippen LogP contribution in [0.4, 0.5) is 30.7 Å². The molecule has 0 fully saturated rings. The lowest BCUT2D eigenvalue weighted by molar-refractivity contribution is -0.321. The van der Waals surface area contributed by atoms with E-state index >= 15 is 0 Å². The van der Waals surface area contributed by atoms with Gasteiger partial charge in [-0.25, -0.2) is 4.39 Å². The lowest BCUT2D eigenvalue weighted by Gasteiger charge is -2.26. The van der Waals surface area contributed by atoms with Gasteiger partial charge in [0.05, 0.1) is 0 Å². The Morgan fingerprint density at radius 2 is 1.08 bits per heavy atom. The second-order valence-electron chi connectivity index (χ2n) is 2.00. The minimum absolute atomic E-state index is 0.332. The van der Waals surface area contributed by atoms with Crippen molar-refractivity contribution in [1.29, 1.82) is 0 Å². The van der Waals surface area contributed by atoms with Crippen LogP contribution in [0.2, 0.25) is 0 Å². The monoisotopic (exact) mass is 322 g/mol. The van der Waals surface area contributed by atoms with Crippen LogP contribution in [0.3, 0.4) is 0 Å². The van der Waals surface area contributed by atoms with E-state index in [-0.39, 0.29) is 0 Å². The zero-order chi connectivity index (χ0) is 10.9. The summed E-state index contributed by atoms with van der Waals surface area (Å²) in [6, 6.07) is 0. The molecule has 8 heteroatoms. The van der Waals surface area contributed by atoms with E-state index in [0.29, 0.717) is 4.08 Å². The van der Waals surface area contributed by atoms with Crippen molar-refractivity contribution in [2.24, 2.45) is 0 Å². The van der Waals surface area contributed by atoms with E-state index in [1.807, 2.05) is 0 Å². The predicted octanol–water partition coefficient (Wildman–Crippen LogP) is 3.77. The van der Waals surface area contributed by atoms with Gasteiger partial charge in [0.2, 0.25) is 0 Å². The maximum atomic E-state index is 12.5. The largest absolute Gasteiger partial charge is 0.435 e. The summed E-state index contributed by atoms with van der Waals surface area (Å²) in [4.78, 5) is 0. The molecule has 0 aromatic rings. The van der Waals surface area contributed by atoms with E-state index in [9.17, 15) is 30.7 Å². The van der Waals surface area contributed by atoms with Crippen molar-refractivity contribution in [2.45, 2.75) is 18.0 Å². The molecule has 0 bridgehead atoms. The molecule has 13 heavy (non-hydrogen) atoms. The van der Waals surface area contributed by atoms with E-state index in [2.05, 4.69) is 0 Å². The van der Waals surface area contributed by atoms with Crippen molar-refractivity contribution in [2.75, 3.05) is 0 Å². The Hall–Kier alpha value is -0.0200. The van der Waals surface area contributed by atoms with Crippen LogP contribution >= 0.6 is 22.6 Å². The molecule has 0 heterocycles. The molecule has 0 aromatic heterocycles. The molecular formula is C5H2F7I. The molecular weight excluding hydrogens is 320 g/mol. The lowest BCUT2D eigenvalue weighted by atomic mass is 10.1. The second-order valence-corrected chi connectivity index (χ2v) is 2.72. The zero-order valence-corrected chi connectivity index (χ0v) is 7.84. The molecule has 0 rings (SSSR count). The number of alkyl halides is 7. The topological polar surface area (TPSA) is 0 Å². The summed E-state index contributed by atoms with van der Waals surface area (Å²) in [5, 5.41) is 0. The molecule has 0 saturated heterocycles. The van der Waals surface area contributed by atoms with Gasteiger partial charge in [-0.3, -0.25) is 0 Å². The van der Waals surface area contributed by atoms with Gasteiger partial charge in [0.15, 0.2) is 0 Å². The van der Waals surface area contributed by atoms with Crippen LogP contribution in [-0.4, -0.2) is 18.0 Å². The lowest BCUT2D eigenvalue weighted by Crippen LogP contribution is -2.51. The van der Waals surface area contributed by atoms with Gasteiger partial charge >= 0.3 is 18.0 Å². The van der Waals surface area contributed by atoms with Gasteiger partial charge in [0.25, 0.3) is 0 Å². The highest BCUT2D eigenvalue weighted by Gasteiger charge is 2.71. The first-order valence-electron chi connectivity index (χ1n) is 2.66. The maximum Gasteiger partial charge on any atom is 0.435 e. The molecule has 0 aliphatic heterocycles. The average molecular weight is 322 g/mol. The molecule has 0 N–H and O–H groups in total. The van der Waals surface area contributed by atoms with E-state index < -0.39 is 24.1 Å². The van der Waals surface area contributed by atoms with Crippen LogP contribution in [-0.2, 0) is 0 Å². The van der Waals surface area contributed by atoms with Crippen molar-refractivity contribution in [3.8, 4) is 0 Å². The Kier molecular flexibility index (Phi) is 3.61. The highest BCUT2D eigenvalue weighted by molar-refractivity contribution is 14.1. The van der Waals surface area contributed by atoms with Gasteiger partial charge < -0.3 is 0 Å². The van der Waals surface area contributed by atoms with Crippen molar-refractivity contribution in [1.82, 2.24) is 0 Å². The quantitative estimate of drug-likeness (QED) is 0.509. The van der Waals surface area contributed by atoms with E-state index in [4.69, 9.17) is 0 Å². The maximum absolute atomic E-state index is 12.5. The third kappa shape index (κ3) is 2.47. The van der Waals surface area contributed by atoms with Crippen LogP contribution in [0.15, 0.2) is 10.2 Å². The third-order valence-corrected chi connectivity index (χ3v) is 1.48. The smallest absolute Gasteiger partial charge is 0.219 e. The highest BCUT2D eigenvalue weighted by atomic mass is 127. The first-order chi connectivity index (χ1) is 5.56. The normalized spacial score (nSPS) is 15.4. The molecule has 0 spiro atoms. The molecule has 0 radical (unpaired) electrons. The fourth-order valence-corrected chi connectivity index (χ4v) is 0.932. The highest BCUT2D eigenvalue weighted by Crippen LogP contribution is 2.47. The first-order valence-corrected chi connectivity index (χ1v) is 3.91. The summed E-state index contributed by atoms with van der Waals surface area (Å²) < 4.78 is 82.6. The number of hydrogen-bond acceptors (Lipinski definition) is 0. The zero-order valence-electron chi connectivity index (χ0n) is 5.68. The summed E-state index contributed by atoms with van der Waals surface area (Å²) in [6.07, 6.45) is -12.6. The Labute approximate surface area is 81.9 Å². The minimum atomic E-state index is -5.99. The van der Waals surface area contributed by atoms with Crippen molar-refractivity contribution >= 4 is 22.6 Å². The standard InChI is InChI=1S/C5H2F7I/c6-3(1-2-13,4(7,8)9)5(10,11)12/h1-2H/b2-1-. The van der Waals surface area contributed by atoms with Crippen LogP contribution < -0.4 is 0 Å². The molecule has 78 valence electrons. The molecule has 0 unspecified atom stereocenters. The Bertz CT molecular complexity index is 186. The fourth-order valence-electron chi connectivity index (χ4n) is 0.437. The molecule has 0 amide bonds. The van der Waals surface area contributed by atoms with Gasteiger partial charge in [-0.05, 0) is 10.2 Å². The summed E-state index contributed by atoms with van der Waals surface area (Å²) in [5.74, 6) is 0. The summed E-state index contributed by atoms with van der Waals surface area (Å²) in [7, 11) is 0. The van der Waals surface area contributed by atoms with E-state index in [1.165, 1.54) is 0 Å². The summed E-state index contributed by atoms with van der Waals surface area (Å²) in [6.45, 7) is 0. The third-order valence-electron chi connectivity index (χ3n) is 1.12. The van der Waals surface area contributed by atoms with Crippen LogP contribution in [0.25, 0.3) is 0 Å². The van der Waals surface area contributed by atoms with Crippen molar-refractivity contribution < 1.29 is 30.7 Å². The molecule has 0 aromatic carbocycles. The molecule has 0 saturated carbocycles. The van der Waals surface area contributed by atoms with Crippen LogP contribution in [0.1, 0.15) is 0 Å². The summed E-state index contributed by atoms with van der Waals surface area (Å²) >= 11 is 1.07. The van der Waals surface area contributed by atoms with Crippen molar-refractivity contribution in [3.05, 3.63) is 10.2 Å². The molecule has 0 atom stereocenters. The molecule has 0 aliphatic rings. The van der Waals surface area contributed by atoms with Crippen molar-refractivity contribution in [3.63, 3.8) is 0 Å². The molecule has 0 nitrogen and oxygen atoms in total. The van der Waals surface area contributed by atoms with Gasteiger partial charge in [0, 0.05) is 0 Å². The van der Waals surface area contributed by atoms with Gasteiger partial charge in [0.1, 0.15) is 0 Å². The van der Waals surface area contributed by atoms with Crippen LogP contribution in [0.5, 0.6) is 0 Å². The number of hydrogen-bond donors (Lipinski definition) is 0. The number of halogens is 8. The number of rotatable bonds is 1. The van der Waals surface area contributed by atoms with Crippen LogP contribution in [0, 0.1) is 0 Å². The second kappa shape index (κ2) is 3.62. The summed E-state index contributed by atoms with van der Waals surface area (Å²) in [5.41, 5.74) is -5.26. The predicted molar refractivity (Wildman–Crippen MR) is 39.1 cm³/mol. The molecule has 0 aliphatic carbocycles. The van der Waals surface area contributed by atoms with Gasteiger partial charge in [-0.15, -0.1) is 0 Å². The number of allylic oxidation sites excluding steroid dienone is 1. The fraction of sp³-hybridized carbons (Fsp3) is 0.600. The Balaban J connectivity index is 5.21. The Morgan fingerprint density at radius 1 is 0.769 bits per heavy atom.